The van der Waals surface area contributed by atoms with Crippen LogP contribution in [0.1, 0.15) is 42.1 Å². The van der Waals surface area contributed by atoms with Gasteiger partial charge in [0, 0.05) is 36.5 Å². The number of anilines is 1. The number of aryl methyl sites for hydroxylation is 2. The predicted molar refractivity (Wildman–Crippen MR) is 138 cm³/mol. The Kier molecular flexibility index (Phi) is 5.64. The average Bonchev–Trinajstić information content (AvgIpc) is 3.53. The van der Waals surface area contributed by atoms with Gasteiger partial charge in [-0.15, -0.1) is 0 Å². The van der Waals surface area contributed by atoms with Gasteiger partial charge in [-0.1, -0.05) is 24.3 Å². The van der Waals surface area contributed by atoms with E-state index in [0.29, 0.717) is 6.54 Å². The number of fused-ring (bicyclic) bond motifs is 2. The van der Waals surface area contributed by atoms with Crippen molar-refractivity contribution >= 4 is 17.2 Å². The Balaban J connectivity index is 1.26. The zero-order chi connectivity index (χ0) is 23.8. The van der Waals surface area contributed by atoms with Crippen molar-refractivity contribution in [3.05, 3.63) is 83.8 Å². The fourth-order valence-corrected chi connectivity index (χ4v) is 5.56. The van der Waals surface area contributed by atoms with Crippen molar-refractivity contribution in [1.82, 2.24) is 14.3 Å². The van der Waals surface area contributed by atoms with Gasteiger partial charge in [-0.25, -0.2) is 9.78 Å². The maximum Gasteiger partial charge on any atom is 0.321 e. The topological polar surface area (TPSA) is 58.9 Å². The first-order chi connectivity index (χ1) is 17.2. The van der Waals surface area contributed by atoms with Gasteiger partial charge in [-0.3, -0.25) is 0 Å². The van der Waals surface area contributed by atoms with Crippen LogP contribution < -0.4 is 10.1 Å². The van der Waals surface area contributed by atoms with E-state index in [1.54, 1.807) is 7.11 Å². The maximum atomic E-state index is 13.2. The van der Waals surface area contributed by atoms with E-state index in [-0.39, 0.29) is 11.9 Å². The zero-order valence-corrected chi connectivity index (χ0v) is 20.0. The lowest BCUT2D eigenvalue weighted by atomic mass is 9.97. The molecule has 6 rings (SSSR count). The van der Waals surface area contributed by atoms with Gasteiger partial charge < -0.3 is 19.4 Å². The molecule has 0 saturated carbocycles. The van der Waals surface area contributed by atoms with Crippen LogP contribution in [0, 0.1) is 0 Å². The van der Waals surface area contributed by atoms with Crippen molar-refractivity contribution in [2.45, 2.75) is 38.0 Å². The van der Waals surface area contributed by atoms with E-state index >= 15 is 0 Å². The second kappa shape index (κ2) is 9.10. The minimum Gasteiger partial charge on any atom is -0.497 e. The fraction of sp³-hybridized carbons (Fsp3) is 0.310. The summed E-state index contributed by atoms with van der Waals surface area (Å²) in [5.74, 6) is 1.99. The highest BCUT2D eigenvalue weighted by atomic mass is 16.5. The Morgan fingerprint density at radius 3 is 2.86 bits per heavy atom. The molecule has 35 heavy (non-hydrogen) atoms. The standard InChI is InChI=1S/C29H30N4O2/c1-35-25-11-5-9-22(18-25)27-26-12-2-3-16-33(26)28(31-27)23-10-6-15-32(19-23)29(34)30-24-14-13-20-7-4-8-21(20)17-24/h2-3,5,9,11-14,16-18,23H,4,6-8,10,15,19H2,1H3,(H,30,34)/t23-/m1/s1. The third kappa shape index (κ3) is 4.14. The normalized spacial score (nSPS) is 17.4. The van der Waals surface area contributed by atoms with Gasteiger partial charge in [-0.2, -0.15) is 0 Å². The first kappa shape index (κ1) is 21.7. The molecule has 0 bridgehead atoms. The molecule has 1 saturated heterocycles. The number of hydrogen-bond acceptors (Lipinski definition) is 3. The van der Waals surface area contributed by atoms with Crippen LogP contribution in [-0.4, -0.2) is 40.5 Å². The van der Waals surface area contributed by atoms with Crippen molar-refractivity contribution < 1.29 is 9.53 Å². The number of amides is 2. The highest BCUT2D eigenvalue weighted by Crippen LogP contribution is 2.33. The minimum absolute atomic E-state index is 0.0264. The van der Waals surface area contributed by atoms with E-state index < -0.39 is 0 Å². The number of piperidine rings is 1. The molecule has 2 amide bonds. The van der Waals surface area contributed by atoms with Gasteiger partial charge in [0.25, 0.3) is 0 Å². The molecule has 1 aliphatic heterocycles. The first-order valence-corrected chi connectivity index (χ1v) is 12.5. The molecule has 3 heterocycles. The number of rotatable bonds is 4. The number of benzene rings is 2. The van der Waals surface area contributed by atoms with Crippen LogP contribution in [0.5, 0.6) is 5.75 Å². The summed E-state index contributed by atoms with van der Waals surface area (Å²) in [4.78, 5) is 20.2. The van der Waals surface area contributed by atoms with Crippen molar-refractivity contribution in [2.24, 2.45) is 0 Å². The summed E-state index contributed by atoms with van der Waals surface area (Å²) in [6.07, 6.45) is 7.49. The lowest BCUT2D eigenvalue weighted by Gasteiger charge is -2.32. The Bertz CT molecular complexity index is 1390. The molecule has 0 unspecified atom stereocenters. The summed E-state index contributed by atoms with van der Waals surface area (Å²) >= 11 is 0. The van der Waals surface area contributed by atoms with Crippen LogP contribution in [0.2, 0.25) is 0 Å². The number of hydrogen-bond donors (Lipinski definition) is 1. The van der Waals surface area contributed by atoms with E-state index in [0.717, 1.165) is 66.3 Å². The molecule has 1 N–H and O–H groups in total. The zero-order valence-electron chi connectivity index (χ0n) is 20.0. The van der Waals surface area contributed by atoms with E-state index in [1.807, 2.05) is 41.3 Å². The molecular weight excluding hydrogens is 436 g/mol. The van der Waals surface area contributed by atoms with Crippen LogP contribution >= 0.6 is 0 Å². The number of aromatic nitrogens is 2. The summed E-state index contributed by atoms with van der Waals surface area (Å²) in [5.41, 5.74) is 6.72. The number of likely N-dealkylation sites (tertiary alicyclic amines) is 1. The van der Waals surface area contributed by atoms with E-state index in [9.17, 15) is 4.79 Å². The quantitative estimate of drug-likeness (QED) is 0.407. The number of ether oxygens (including phenoxy) is 1. The van der Waals surface area contributed by atoms with Gasteiger partial charge in [0.2, 0.25) is 0 Å². The second-order valence-electron chi connectivity index (χ2n) is 9.56. The van der Waals surface area contributed by atoms with Gasteiger partial charge in [0.15, 0.2) is 0 Å². The third-order valence-corrected chi connectivity index (χ3v) is 7.34. The number of urea groups is 1. The van der Waals surface area contributed by atoms with Crippen LogP contribution in [-0.2, 0) is 12.8 Å². The predicted octanol–water partition coefficient (Wildman–Crippen LogP) is 5.91. The molecule has 1 fully saturated rings. The number of carbonyl (C=O) groups is 1. The first-order valence-electron chi connectivity index (χ1n) is 12.5. The lowest BCUT2D eigenvalue weighted by molar-refractivity contribution is 0.191. The highest BCUT2D eigenvalue weighted by molar-refractivity contribution is 5.89. The fourth-order valence-electron chi connectivity index (χ4n) is 5.56. The maximum absolute atomic E-state index is 13.2. The van der Waals surface area contributed by atoms with E-state index in [4.69, 9.17) is 9.72 Å². The van der Waals surface area contributed by atoms with E-state index in [1.165, 1.54) is 17.5 Å². The molecule has 1 atom stereocenters. The lowest BCUT2D eigenvalue weighted by Crippen LogP contribution is -2.42. The number of carbonyl (C=O) groups excluding carboxylic acids is 1. The van der Waals surface area contributed by atoms with Crippen LogP contribution in [0.3, 0.4) is 0 Å². The molecule has 2 aromatic carbocycles. The molecule has 4 aromatic rings. The van der Waals surface area contributed by atoms with Gasteiger partial charge in [-0.05, 0) is 79.6 Å². The Morgan fingerprint density at radius 2 is 1.94 bits per heavy atom. The van der Waals surface area contributed by atoms with Gasteiger partial charge >= 0.3 is 6.03 Å². The van der Waals surface area contributed by atoms with Crippen molar-refractivity contribution in [2.75, 3.05) is 25.5 Å². The minimum atomic E-state index is -0.0264. The van der Waals surface area contributed by atoms with Crippen molar-refractivity contribution in [1.29, 1.82) is 0 Å². The summed E-state index contributed by atoms with van der Waals surface area (Å²) < 4.78 is 7.62. The van der Waals surface area contributed by atoms with Crippen LogP contribution in [0.15, 0.2) is 66.9 Å². The molecule has 1 aliphatic carbocycles. The molecular formula is C29H30N4O2. The average molecular weight is 467 g/mol. The SMILES string of the molecule is COc1cccc(-c2nc([C@@H]3CCCN(C(=O)Nc4ccc5c(c4)CCC5)C3)n3ccccc23)c1. The van der Waals surface area contributed by atoms with E-state index in [2.05, 4.69) is 40.2 Å². The monoisotopic (exact) mass is 466 g/mol. The molecule has 0 spiro atoms. The Morgan fingerprint density at radius 1 is 1.03 bits per heavy atom. The van der Waals surface area contributed by atoms with Crippen LogP contribution in [0.4, 0.5) is 10.5 Å². The largest absolute Gasteiger partial charge is 0.497 e. The Labute approximate surface area is 205 Å². The smallest absolute Gasteiger partial charge is 0.321 e. The molecule has 2 aliphatic rings. The molecule has 178 valence electrons. The molecule has 0 radical (unpaired) electrons. The van der Waals surface area contributed by atoms with Crippen molar-refractivity contribution in [3.63, 3.8) is 0 Å². The number of imidazole rings is 1. The Hall–Kier alpha value is -3.80. The number of nitrogens with one attached hydrogen (secondary N) is 1. The highest BCUT2D eigenvalue weighted by Gasteiger charge is 2.29. The summed E-state index contributed by atoms with van der Waals surface area (Å²) in [7, 11) is 1.68. The van der Waals surface area contributed by atoms with Crippen LogP contribution in [0.25, 0.3) is 16.8 Å². The molecule has 2 aromatic heterocycles. The summed E-state index contributed by atoms with van der Waals surface area (Å²) in [6, 6.07) is 20.5. The molecule has 6 heteroatoms. The van der Waals surface area contributed by atoms with Crippen molar-refractivity contribution in [3.8, 4) is 17.0 Å². The van der Waals surface area contributed by atoms with Gasteiger partial charge in [0.05, 0.1) is 18.3 Å². The summed E-state index contributed by atoms with van der Waals surface area (Å²) in [5, 5.41) is 3.14. The van der Waals surface area contributed by atoms with Gasteiger partial charge in [0.1, 0.15) is 11.6 Å². The summed E-state index contributed by atoms with van der Waals surface area (Å²) in [6.45, 7) is 1.42. The second-order valence-corrected chi connectivity index (χ2v) is 9.56. The number of nitrogens with zero attached hydrogens (tertiary/aromatic N) is 3. The molecule has 6 nitrogen and oxygen atoms in total. The number of methoxy groups -OCH3 is 1. The number of pyridine rings is 1. The third-order valence-electron chi connectivity index (χ3n) is 7.34.